The first kappa shape index (κ1) is 24.3. The number of methoxy groups -OCH3 is 1. The molecule has 0 spiro atoms. The Hall–Kier alpha value is -2.33. The highest BCUT2D eigenvalue weighted by Crippen LogP contribution is 2.43. The van der Waals surface area contributed by atoms with Gasteiger partial charge in [-0.15, -0.1) is 11.8 Å². The second-order valence-electron chi connectivity index (χ2n) is 7.05. The number of alkyl halides is 4. The Bertz CT molecular complexity index is 1000. The van der Waals surface area contributed by atoms with E-state index in [9.17, 15) is 27.6 Å². The normalized spacial score (nSPS) is 19.5. The van der Waals surface area contributed by atoms with Gasteiger partial charge in [-0.2, -0.15) is 13.2 Å². The van der Waals surface area contributed by atoms with Crippen LogP contribution in [0.15, 0.2) is 54.6 Å². The second kappa shape index (κ2) is 10.1. The van der Waals surface area contributed by atoms with Crippen molar-refractivity contribution in [2.24, 2.45) is 0 Å². The van der Waals surface area contributed by atoms with Gasteiger partial charge in [0.15, 0.2) is 5.78 Å². The Morgan fingerprint density at radius 2 is 1.84 bits per heavy atom. The first-order chi connectivity index (χ1) is 15.1. The summed E-state index contributed by atoms with van der Waals surface area (Å²) in [6.07, 6.45) is -4.81. The predicted octanol–water partition coefficient (Wildman–Crippen LogP) is 4.86. The van der Waals surface area contributed by atoms with Crippen LogP contribution in [-0.2, 0) is 20.5 Å². The predicted molar refractivity (Wildman–Crippen MR) is 117 cm³/mol. The van der Waals surface area contributed by atoms with Crippen LogP contribution in [0.1, 0.15) is 33.3 Å². The van der Waals surface area contributed by atoms with Crippen LogP contribution in [0.5, 0.6) is 0 Å². The van der Waals surface area contributed by atoms with Crippen molar-refractivity contribution in [3.63, 3.8) is 0 Å². The van der Waals surface area contributed by atoms with E-state index in [0.717, 1.165) is 12.1 Å². The molecule has 32 heavy (non-hydrogen) atoms. The number of ether oxygens (including phenoxy) is 1. The van der Waals surface area contributed by atoms with Crippen LogP contribution >= 0.6 is 27.7 Å². The average Bonchev–Trinajstić information content (AvgIpc) is 3.23. The van der Waals surface area contributed by atoms with E-state index < -0.39 is 39.9 Å². The van der Waals surface area contributed by atoms with E-state index in [1.165, 1.54) is 35.9 Å². The SMILES string of the molecule is COC(=O)[C@@H]1CSC(c2cccc(C(F)(F)F)c2)N1C(=O)CC(Br)C(=O)c1ccccc1. The summed E-state index contributed by atoms with van der Waals surface area (Å²) in [5, 5.41) is -0.819. The smallest absolute Gasteiger partial charge is 0.416 e. The van der Waals surface area contributed by atoms with E-state index in [1.54, 1.807) is 30.3 Å². The molecule has 1 heterocycles. The highest BCUT2D eigenvalue weighted by molar-refractivity contribution is 9.10. The van der Waals surface area contributed by atoms with E-state index in [4.69, 9.17) is 4.74 Å². The highest BCUT2D eigenvalue weighted by atomic mass is 79.9. The molecule has 170 valence electrons. The van der Waals surface area contributed by atoms with Crippen molar-refractivity contribution < 1.29 is 32.3 Å². The van der Waals surface area contributed by atoms with Crippen LogP contribution in [0.2, 0.25) is 0 Å². The van der Waals surface area contributed by atoms with Gasteiger partial charge in [0.25, 0.3) is 0 Å². The number of carbonyl (C=O) groups excluding carboxylic acids is 3. The molecule has 3 atom stereocenters. The van der Waals surface area contributed by atoms with Crippen LogP contribution in [0.25, 0.3) is 0 Å². The van der Waals surface area contributed by atoms with Crippen molar-refractivity contribution in [3.8, 4) is 0 Å². The van der Waals surface area contributed by atoms with Crippen molar-refractivity contribution in [2.45, 2.75) is 28.8 Å². The molecule has 0 bridgehead atoms. The summed E-state index contributed by atoms with van der Waals surface area (Å²) < 4.78 is 44.4. The number of esters is 1. The maximum Gasteiger partial charge on any atom is 0.416 e. The zero-order chi connectivity index (χ0) is 23.5. The molecule has 0 saturated carbocycles. The summed E-state index contributed by atoms with van der Waals surface area (Å²) in [5.74, 6) is -1.35. The molecule has 0 N–H and O–H groups in total. The molecule has 2 aromatic carbocycles. The minimum Gasteiger partial charge on any atom is -0.467 e. The Balaban J connectivity index is 1.87. The number of carbonyl (C=O) groups is 3. The largest absolute Gasteiger partial charge is 0.467 e. The number of rotatable bonds is 6. The topological polar surface area (TPSA) is 63.7 Å². The second-order valence-corrected chi connectivity index (χ2v) is 9.27. The summed E-state index contributed by atoms with van der Waals surface area (Å²) in [7, 11) is 1.18. The van der Waals surface area contributed by atoms with Gasteiger partial charge < -0.3 is 9.64 Å². The van der Waals surface area contributed by atoms with Gasteiger partial charge in [-0.05, 0) is 17.7 Å². The standard InChI is InChI=1S/C22H19BrF3NO4S/c1-31-21(30)17-12-32-20(14-8-5-9-15(10-14)22(24,25)26)27(17)18(28)11-16(23)19(29)13-6-3-2-4-7-13/h2-10,16-17,20H,11-12H2,1H3/t16?,17-,20?/m0/s1. The Morgan fingerprint density at radius 1 is 1.16 bits per heavy atom. The van der Waals surface area contributed by atoms with Crippen LogP contribution in [0, 0.1) is 0 Å². The molecule has 1 saturated heterocycles. The third-order valence-corrected chi connectivity index (χ3v) is 7.02. The van der Waals surface area contributed by atoms with Gasteiger partial charge in [0.2, 0.25) is 5.91 Å². The molecule has 5 nitrogen and oxygen atoms in total. The number of nitrogens with zero attached hydrogens (tertiary/aromatic N) is 1. The fourth-order valence-corrected chi connectivity index (χ4v) is 5.36. The van der Waals surface area contributed by atoms with Crippen molar-refractivity contribution in [1.29, 1.82) is 0 Å². The number of ketones is 1. The highest BCUT2D eigenvalue weighted by Gasteiger charge is 2.44. The molecule has 2 aromatic rings. The molecule has 3 rings (SSSR count). The van der Waals surface area contributed by atoms with Crippen molar-refractivity contribution in [1.82, 2.24) is 4.90 Å². The van der Waals surface area contributed by atoms with Gasteiger partial charge in [0.1, 0.15) is 11.4 Å². The van der Waals surface area contributed by atoms with E-state index in [2.05, 4.69) is 15.9 Å². The lowest BCUT2D eigenvalue weighted by molar-refractivity contribution is -0.151. The fraction of sp³-hybridized carbons (Fsp3) is 0.318. The lowest BCUT2D eigenvalue weighted by atomic mass is 10.0. The zero-order valence-corrected chi connectivity index (χ0v) is 19.2. The number of Topliss-reactive ketones (excluding diaryl/α,β-unsaturated/α-hetero) is 1. The van der Waals surface area contributed by atoms with E-state index >= 15 is 0 Å². The molecule has 0 radical (unpaired) electrons. The molecule has 1 aliphatic heterocycles. The summed E-state index contributed by atoms with van der Waals surface area (Å²) in [6.45, 7) is 0. The van der Waals surface area contributed by atoms with E-state index in [-0.39, 0.29) is 23.5 Å². The average molecular weight is 530 g/mol. The Kier molecular flexibility index (Phi) is 7.66. The number of thioether (sulfide) groups is 1. The van der Waals surface area contributed by atoms with E-state index in [0.29, 0.717) is 5.56 Å². The molecule has 2 unspecified atom stereocenters. The molecule has 0 aliphatic carbocycles. The monoisotopic (exact) mass is 529 g/mol. The molecule has 1 amide bonds. The van der Waals surface area contributed by atoms with Crippen molar-refractivity contribution >= 4 is 45.4 Å². The first-order valence-corrected chi connectivity index (χ1v) is 11.5. The summed E-state index contributed by atoms with van der Waals surface area (Å²) >= 11 is 4.42. The maximum absolute atomic E-state index is 13.2. The minimum atomic E-state index is -4.54. The summed E-state index contributed by atoms with van der Waals surface area (Å²) in [6, 6.07) is 12.1. The number of amides is 1. The number of hydrogen-bond donors (Lipinski definition) is 0. The lowest BCUT2D eigenvalue weighted by Gasteiger charge is -2.29. The van der Waals surface area contributed by atoms with Crippen LogP contribution in [0.4, 0.5) is 13.2 Å². The zero-order valence-electron chi connectivity index (χ0n) is 16.8. The van der Waals surface area contributed by atoms with Crippen LogP contribution < -0.4 is 0 Å². The molecule has 0 aromatic heterocycles. The molecule has 1 fully saturated rings. The number of benzene rings is 2. The number of halogens is 4. The summed E-state index contributed by atoms with van der Waals surface area (Å²) in [5.41, 5.74) is -0.191. The number of hydrogen-bond acceptors (Lipinski definition) is 5. The third-order valence-electron chi connectivity index (χ3n) is 4.96. The lowest BCUT2D eigenvalue weighted by Crippen LogP contribution is -2.44. The van der Waals surface area contributed by atoms with Crippen molar-refractivity contribution in [2.75, 3.05) is 12.9 Å². The quantitative estimate of drug-likeness (QED) is 0.304. The van der Waals surface area contributed by atoms with Gasteiger partial charge in [0.05, 0.1) is 17.5 Å². The summed E-state index contributed by atoms with van der Waals surface area (Å²) in [4.78, 5) is 38.5. The van der Waals surface area contributed by atoms with Crippen molar-refractivity contribution in [3.05, 3.63) is 71.3 Å². The molecular weight excluding hydrogens is 511 g/mol. The Labute approximate surface area is 195 Å². The molecule has 10 heteroatoms. The van der Waals surface area contributed by atoms with Gasteiger partial charge >= 0.3 is 12.1 Å². The minimum absolute atomic E-state index is 0.166. The van der Waals surface area contributed by atoms with Crippen LogP contribution in [-0.4, -0.2) is 46.3 Å². The third kappa shape index (κ3) is 5.35. The van der Waals surface area contributed by atoms with Gasteiger partial charge in [-0.1, -0.05) is 58.4 Å². The molecule has 1 aliphatic rings. The van der Waals surface area contributed by atoms with Gasteiger partial charge in [-0.25, -0.2) is 4.79 Å². The van der Waals surface area contributed by atoms with Gasteiger partial charge in [0, 0.05) is 17.7 Å². The van der Waals surface area contributed by atoms with Gasteiger partial charge in [-0.3, -0.25) is 9.59 Å². The van der Waals surface area contributed by atoms with Crippen LogP contribution in [0.3, 0.4) is 0 Å². The van der Waals surface area contributed by atoms with E-state index in [1.807, 2.05) is 0 Å². The Morgan fingerprint density at radius 3 is 2.47 bits per heavy atom. The fourth-order valence-electron chi connectivity index (χ4n) is 3.39. The first-order valence-electron chi connectivity index (χ1n) is 9.54. The maximum atomic E-state index is 13.2. The molecular formula is C22H19BrF3NO4S.